The van der Waals surface area contributed by atoms with Crippen LogP contribution in [0.1, 0.15) is 17.3 Å². The number of alkyl halides is 1. The van der Waals surface area contributed by atoms with Gasteiger partial charge in [0.1, 0.15) is 11.7 Å². The van der Waals surface area contributed by atoms with Crippen LogP contribution >= 0.6 is 11.6 Å². The molecular weight excluding hydrogens is 247 g/mol. The summed E-state index contributed by atoms with van der Waals surface area (Å²) in [5, 5.41) is 0. The van der Waals surface area contributed by atoms with E-state index in [9.17, 15) is 9.18 Å². The summed E-state index contributed by atoms with van der Waals surface area (Å²) < 4.78 is 18.1. The second-order valence-electron chi connectivity index (χ2n) is 3.12. The van der Waals surface area contributed by atoms with E-state index in [4.69, 9.17) is 22.1 Å². The van der Waals surface area contributed by atoms with Gasteiger partial charge in [-0.3, -0.25) is 0 Å². The van der Waals surface area contributed by atoms with Crippen molar-refractivity contribution in [1.82, 2.24) is 0 Å². The first kappa shape index (κ1) is 13.4. The Hall–Kier alpha value is -1.62. The minimum Gasteiger partial charge on any atom is -0.462 e. The number of carbonyl (C=O) groups is 1. The van der Waals surface area contributed by atoms with Gasteiger partial charge in [-0.25, -0.2) is 14.2 Å². The molecule has 0 aromatic heterocycles. The standard InChI is InChI=1S/C11H12ClFN2O2/c1-2-17-11(16)8-5-7(3-4-9(8)13)15-10(14)6-12/h3-5H,2,6H2,1H3,(H2,14,15). The van der Waals surface area contributed by atoms with Crippen molar-refractivity contribution in [2.75, 3.05) is 12.5 Å². The molecule has 1 aromatic rings. The zero-order chi connectivity index (χ0) is 12.8. The Bertz CT molecular complexity index is 449. The van der Waals surface area contributed by atoms with Crippen LogP contribution in [0, 0.1) is 5.82 Å². The molecule has 0 bridgehead atoms. The van der Waals surface area contributed by atoms with Crippen LogP contribution in [0.5, 0.6) is 0 Å². The Morgan fingerprint density at radius 3 is 2.88 bits per heavy atom. The van der Waals surface area contributed by atoms with Crippen molar-refractivity contribution in [3.05, 3.63) is 29.6 Å². The zero-order valence-electron chi connectivity index (χ0n) is 9.24. The van der Waals surface area contributed by atoms with Gasteiger partial charge in [-0.05, 0) is 25.1 Å². The molecule has 0 spiro atoms. The molecule has 0 amide bonds. The predicted octanol–water partition coefficient (Wildman–Crippen LogP) is 2.23. The van der Waals surface area contributed by atoms with E-state index in [0.29, 0.717) is 5.69 Å². The van der Waals surface area contributed by atoms with E-state index in [2.05, 4.69) is 4.99 Å². The minimum absolute atomic E-state index is 0.0616. The largest absolute Gasteiger partial charge is 0.462 e. The lowest BCUT2D eigenvalue weighted by Crippen LogP contribution is -2.12. The molecular formula is C11H12ClFN2O2. The van der Waals surface area contributed by atoms with Gasteiger partial charge in [0.2, 0.25) is 0 Å². The molecule has 17 heavy (non-hydrogen) atoms. The molecule has 0 aliphatic rings. The fraction of sp³-hybridized carbons (Fsp3) is 0.273. The predicted molar refractivity (Wildman–Crippen MR) is 64.4 cm³/mol. The highest BCUT2D eigenvalue weighted by Crippen LogP contribution is 2.18. The molecule has 0 aliphatic carbocycles. The molecule has 92 valence electrons. The van der Waals surface area contributed by atoms with Crippen molar-refractivity contribution in [2.24, 2.45) is 10.7 Å². The van der Waals surface area contributed by atoms with Crippen molar-refractivity contribution >= 4 is 29.1 Å². The van der Waals surface area contributed by atoms with Crippen LogP contribution in [0.25, 0.3) is 0 Å². The monoisotopic (exact) mass is 258 g/mol. The smallest absolute Gasteiger partial charge is 0.341 e. The fourth-order valence-corrected chi connectivity index (χ4v) is 1.20. The molecule has 0 unspecified atom stereocenters. The third kappa shape index (κ3) is 3.71. The number of esters is 1. The molecule has 0 atom stereocenters. The lowest BCUT2D eigenvalue weighted by atomic mass is 10.2. The van der Waals surface area contributed by atoms with E-state index in [-0.39, 0.29) is 23.9 Å². The third-order valence-corrected chi connectivity index (χ3v) is 2.13. The van der Waals surface area contributed by atoms with Gasteiger partial charge in [-0.2, -0.15) is 0 Å². The fourth-order valence-electron chi connectivity index (χ4n) is 1.14. The number of halogens is 2. The van der Waals surface area contributed by atoms with Gasteiger partial charge >= 0.3 is 5.97 Å². The van der Waals surface area contributed by atoms with Crippen LogP contribution in [0.3, 0.4) is 0 Å². The number of ether oxygens (including phenoxy) is 1. The highest BCUT2D eigenvalue weighted by molar-refractivity contribution is 6.28. The van der Waals surface area contributed by atoms with E-state index >= 15 is 0 Å². The van der Waals surface area contributed by atoms with Crippen molar-refractivity contribution in [2.45, 2.75) is 6.92 Å². The van der Waals surface area contributed by atoms with Gasteiger partial charge < -0.3 is 10.5 Å². The van der Waals surface area contributed by atoms with Crippen molar-refractivity contribution in [1.29, 1.82) is 0 Å². The van der Waals surface area contributed by atoms with Gasteiger partial charge in [0.25, 0.3) is 0 Å². The van der Waals surface area contributed by atoms with Crippen LogP contribution in [-0.4, -0.2) is 24.3 Å². The van der Waals surface area contributed by atoms with Gasteiger partial charge in [-0.15, -0.1) is 11.6 Å². The Kier molecular flexibility index (Phi) is 4.90. The molecule has 2 N–H and O–H groups in total. The first-order valence-electron chi connectivity index (χ1n) is 4.94. The first-order valence-corrected chi connectivity index (χ1v) is 5.47. The summed E-state index contributed by atoms with van der Waals surface area (Å²) in [7, 11) is 0. The van der Waals surface area contributed by atoms with Crippen LogP contribution in [-0.2, 0) is 4.74 Å². The van der Waals surface area contributed by atoms with Crippen molar-refractivity contribution in [3.63, 3.8) is 0 Å². The minimum atomic E-state index is -0.730. The highest BCUT2D eigenvalue weighted by atomic mass is 35.5. The zero-order valence-corrected chi connectivity index (χ0v) is 10.00. The summed E-state index contributed by atoms with van der Waals surface area (Å²) in [5.41, 5.74) is 5.62. The topological polar surface area (TPSA) is 64.7 Å². The maximum Gasteiger partial charge on any atom is 0.341 e. The van der Waals surface area contributed by atoms with Gasteiger partial charge in [0, 0.05) is 0 Å². The highest BCUT2D eigenvalue weighted by Gasteiger charge is 2.13. The Balaban J connectivity index is 3.06. The third-order valence-electron chi connectivity index (χ3n) is 1.85. The SMILES string of the molecule is CCOC(=O)c1cc(N=C(N)CCl)ccc1F. The maximum absolute atomic E-state index is 13.4. The quantitative estimate of drug-likeness (QED) is 0.390. The molecule has 0 aliphatic heterocycles. The number of benzene rings is 1. The normalized spacial score (nSPS) is 11.4. The molecule has 0 heterocycles. The summed E-state index contributed by atoms with van der Waals surface area (Å²) in [4.78, 5) is 15.3. The molecule has 0 saturated heterocycles. The van der Waals surface area contributed by atoms with Crippen molar-refractivity contribution < 1.29 is 13.9 Å². The van der Waals surface area contributed by atoms with Gasteiger partial charge in [0.05, 0.1) is 23.7 Å². The summed E-state index contributed by atoms with van der Waals surface area (Å²) in [6.45, 7) is 1.82. The molecule has 1 rings (SSSR count). The number of carbonyl (C=O) groups excluding carboxylic acids is 1. The summed E-state index contributed by atoms with van der Waals surface area (Å²) in [6.07, 6.45) is 0. The number of amidine groups is 1. The average molecular weight is 259 g/mol. The molecule has 1 aromatic carbocycles. The first-order chi connectivity index (χ1) is 8.08. The second-order valence-corrected chi connectivity index (χ2v) is 3.39. The van der Waals surface area contributed by atoms with E-state index < -0.39 is 11.8 Å². The summed E-state index contributed by atoms with van der Waals surface area (Å²) in [6, 6.07) is 3.80. The lowest BCUT2D eigenvalue weighted by Gasteiger charge is -2.04. The summed E-state index contributed by atoms with van der Waals surface area (Å²) >= 11 is 5.46. The number of hydrogen-bond acceptors (Lipinski definition) is 3. The second kappa shape index (κ2) is 6.20. The van der Waals surface area contributed by atoms with Crippen LogP contribution < -0.4 is 5.73 Å². The Morgan fingerprint density at radius 2 is 2.29 bits per heavy atom. The molecule has 4 nitrogen and oxygen atoms in total. The van der Waals surface area contributed by atoms with E-state index in [1.165, 1.54) is 12.1 Å². The molecule has 0 radical (unpaired) electrons. The maximum atomic E-state index is 13.4. The number of aliphatic imine (C=N–C) groups is 1. The Morgan fingerprint density at radius 1 is 1.59 bits per heavy atom. The van der Waals surface area contributed by atoms with Gasteiger partial charge in [0.15, 0.2) is 0 Å². The van der Waals surface area contributed by atoms with Crippen LogP contribution in [0.4, 0.5) is 10.1 Å². The number of nitrogens with two attached hydrogens (primary N) is 1. The van der Waals surface area contributed by atoms with E-state index in [1.807, 2.05) is 0 Å². The van der Waals surface area contributed by atoms with E-state index in [0.717, 1.165) is 6.07 Å². The molecule has 0 fully saturated rings. The van der Waals surface area contributed by atoms with Crippen molar-refractivity contribution in [3.8, 4) is 0 Å². The van der Waals surface area contributed by atoms with E-state index in [1.54, 1.807) is 6.92 Å². The van der Waals surface area contributed by atoms with Crippen LogP contribution in [0.2, 0.25) is 0 Å². The molecule has 0 saturated carbocycles. The van der Waals surface area contributed by atoms with Crippen LogP contribution in [0.15, 0.2) is 23.2 Å². The average Bonchev–Trinajstić information content (AvgIpc) is 2.31. The Labute approximate surface area is 103 Å². The summed E-state index contributed by atoms with van der Waals surface area (Å²) in [5.74, 6) is -1.14. The number of nitrogens with zero attached hydrogens (tertiary/aromatic N) is 1. The van der Waals surface area contributed by atoms with Gasteiger partial charge in [-0.1, -0.05) is 0 Å². The lowest BCUT2D eigenvalue weighted by molar-refractivity contribution is 0.0521. The number of hydrogen-bond donors (Lipinski definition) is 1. The molecule has 6 heteroatoms. The number of rotatable bonds is 4.